The van der Waals surface area contributed by atoms with E-state index in [1.54, 1.807) is 0 Å². The number of hydrogen-bond acceptors (Lipinski definition) is 5. The highest BCUT2D eigenvalue weighted by molar-refractivity contribution is 6.23. The van der Waals surface area contributed by atoms with Gasteiger partial charge in [0.05, 0.1) is 27.6 Å². The molecule has 0 radical (unpaired) electrons. The number of nitrogens with zero attached hydrogens (tertiary/aromatic N) is 6. The van der Waals surface area contributed by atoms with E-state index in [0.717, 1.165) is 77.2 Å². The molecule has 7 nitrogen and oxygen atoms in total. The van der Waals surface area contributed by atoms with Crippen LogP contribution in [0.1, 0.15) is 0 Å². The van der Waals surface area contributed by atoms with E-state index < -0.39 is 0 Å². The molecule has 12 aromatic rings. The number of para-hydroxylation sites is 4. The minimum absolute atomic E-state index is 0.486. The molecule has 4 heterocycles. The number of benzene rings is 8. The molecule has 4 aromatic heterocycles. The maximum atomic E-state index is 6.56. The van der Waals surface area contributed by atoms with Crippen molar-refractivity contribution < 1.29 is 4.42 Å². The average Bonchev–Trinajstić information content (AvgIpc) is 4.00. The Morgan fingerprint density at radius 3 is 1.59 bits per heavy atom. The minimum atomic E-state index is 0.486. The fourth-order valence-electron chi connectivity index (χ4n) is 8.54. The Labute approximate surface area is 338 Å². The predicted molar refractivity (Wildman–Crippen MR) is 238 cm³/mol. The fourth-order valence-corrected chi connectivity index (χ4v) is 8.54. The van der Waals surface area contributed by atoms with Crippen molar-refractivity contribution in [3.63, 3.8) is 0 Å². The molecule has 0 unspecified atom stereocenters. The lowest BCUT2D eigenvalue weighted by Gasteiger charge is -2.13. The number of oxazole rings is 1. The van der Waals surface area contributed by atoms with Crippen molar-refractivity contribution in [2.75, 3.05) is 0 Å². The lowest BCUT2D eigenvalue weighted by Crippen LogP contribution is -2.07. The molecule has 0 bridgehead atoms. The summed E-state index contributed by atoms with van der Waals surface area (Å²) in [7, 11) is 0. The molecule has 276 valence electrons. The summed E-state index contributed by atoms with van der Waals surface area (Å²) in [6.45, 7) is 0. The third-order valence-electron chi connectivity index (χ3n) is 11.2. The summed E-state index contributed by atoms with van der Waals surface area (Å²) in [6.07, 6.45) is 0. The lowest BCUT2D eigenvalue weighted by atomic mass is 10.0. The Bertz CT molecular complexity index is 3530. The molecule has 0 saturated heterocycles. The summed E-state index contributed by atoms with van der Waals surface area (Å²) in [5, 5.41) is 4.53. The Kier molecular flexibility index (Phi) is 7.40. The van der Waals surface area contributed by atoms with Gasteiger partial charge < -0.3 is 8.98 Å². The molecule has 0 aliphatic heterocycles. The first-order valence-electron chi connectivity index (χ1n) is 19.7. The van der Waals surface area contributed by atoms with Gasteiger partial charge in [-0.25, -0.2) is 9.97 Å². The van der Waals surface area contributed by atoms with E-state index in [9.17, 15) is 0 Å². The monoisotopic (exact) mass is 756 g/mol. The van der Waals surface area contributed by atoms with E-state index in [2.05, 4.69) is 149 Å². The topological polar surface area (TPSA) is 74.6 Å². The van der Waals surface area contributed by atoms with Gasteiger partial charge in [-0.1, -0.05) is 146 Å². The molecular formula is C52H32N6O. The molecule has 0 aliphatic rings. The molecule has 7 heteroatoms. The first-order valence-corrected chi connectivity index (χ1v) is 19.7. The van der Waals surface area contributed by atoms with E-state index in [1.807, 2.05) is 54.6 Å². The molecule has 0 amide bonds. The zero-order valence-electron chi connectivity index (χ0n) is 31.6. The van der Waals surface area contributed by atoms with Crippen molar-refractivity contribution in [2.24, 2.45) is 0 Å². The number of fused-ring (bicyclic) bond motifs is 8. The summed E-state index contributed by atoms with van der Waals surface area (Å²) in [6, 6.07) is 66.9. The second-order valence-corrected chi connectivity index (χ2v) is 14.7. The third-order valence-corrected chi connectivity index (χ3v) is 11.2. The number of aromatic nitrogens is 6. The fraction of sp³-hybridized carbons (Fsp3) is 0. The van der Waals surface area contributed by atoms with Crippen LogP contribution in [0.25, 0.3) is 112 Å². The summed E-state index contributed by atoms with van der Waals surface area (Å²) >= 11 is 0. The third kappa shape index (κ3) is 5.29. The quantitative estimate of drug-likeness (QED) is 0.169. The smallest absolute Gasteiger partial charge is 0.238 e. The summed E-state index contributed by atoms with van der Waals surface area (Å²) < 4.78 is 11.1. The molecule has 12 rings (SSSR count). The molecule has 59 heavy (non-hydrogen) atoms. The molecule has 0 N–H and O–H groups in total. The van der Waals surface area contributed by atoms with Crippen LogP contribution in [-0.2, 0) is 0 Å². The Morgan fingerprint density at radius 1 is 0.356 bits per heavy atom. The summed E-state index contributed by atoms with van der Waals surface area (Å²) in [4.78, 5) is 20.8. The van der Waals surface area contributed by atoms with Crippen LogP contribution in [0.5, 0.6) is 0 Å². The van der Waals surface area contributed by atoms with Crippen LogP contribution in [0.2, 0.25) is 0 Å². The predicted octanol–water partition coefficient (Wildman–Crippen LogP) is 12.9. The van der Waals surface area contributed by atoms with Crippen molar-refractivity contribution in [1.29, 1.82) is 0 Å². The Morgan fingerprint density at radius 2 is 0.898 bits per heavy atom. The first-order chi connectivity index (χ1) is 29.3. The average molecular weight is 757 g/mol. The van der Waals surface area contributed by atoms with Gasteiger partial charge in [0.15, 0.2) is 17.2 Å². The van der Waals surface area contributed by atoms with Crippen molar-refractivity contribution in [2.45, 2.75) is 0 Å². The summed E-state index contributed by atoms with van der Waals surface area (Å²) in [5.41, 5.74) is 11.4. The molecule has 0 fully saturated rings. The van der Waals surface area contributed by atoms with Gasteiger partial charge in [0.2, 0.25) is 11.8 Å². The van der Waals surface area contributed by atoms with E-state index in [4.69, 9.17) is 24.4 Å². The van der Waals surface area contributed by atoms with Gasteiger partial charge in [-0.15, -0.1) is 0 Å². The van der Waals surface area contributed by atoms with E-state index in [1.165, 1.54) is 5.39 Å². The highest BCUT2D eigenvalue weighted by Gasteiger charge is 2.24. The van der Waals surface area contributed by atoms with Gasteiger partial charge in [0, 0.05) is 38.4 Å². The maximum Gasteiger partial charge on any atom is 0.238 e. The first kappa shape index (κ1) is 33.0. The van der Waals surface area contributed by atoms with Gasteiger partial charge in [0.1, 0.15) is 5.52 Å². The van der Waals surface area contributed by atoms with Gasteiger partial charge >= 0.3 is 0 Å². The number of hydrogen-bond donors (Lipinski definition) is 0. The van der Waals surface area contributed by atoms with Crippen LogP contribution < -0.4 is 0 Å². The lowest BCUT2D eigenvalue weighted by molar-refractivity contribution is 0.620. The molecule has 8 aromatic carbocycles. The van der Waals surface area contributed by atoms with Crippen LogP contribution in [0, 0.1) is 0 Å². The zero-order chi connectivity index (χ0) is 38.9. The van der Waals surface area contributed by atoms with Gasteiger partial charge in [-0.3, -0.25) is 4.57 Å². The van der Waals surface area contributed by atoms with E-state index in [-0.39, 0.29) is 0 Å². The molecule has 0 atom stereocenters. The van der Waals surface area contributed by atoms with Crippen molar-refractivity contribution >= 4 is 54.7 Å². The van der Waals surface area contributed by atoms with Crippen LogP contribution in [-0.4, -0.2) is 29.1 Å². The highest BCUT2D eigenvalue weighted by atomic mass is 16.3. The van der Waals surface area contributed by atoms with Gasteiger partial charge in [-0.2, -0.15) is 9.97 Å². The second kappa shape index (κ2) is 13.2. The normalized spacial score (nSPS) is 11.7. The standard InChI is InChI=1S/C52H32N6O/c1-4-15-33(16-5-1)34-27-29-35(30-28-34)49-54-50(42-23-14-24-43-48(42)59-51(53-43)36-17-6-2-7-18-36)56-52(55-49)58-45-26-13-11-22-39(45)41-32-31-40-38-21-10-12-25-44(38)57(46(40)47(41)58)37-19-8-3-9-20-37/h1-32H. The van der Waals surface area contributed by atoms with Crippen LogP contribution in [0.15, 0.2) is 199 Å². The number of rotatable bonds is 6. The second-order valence-electron chi connectivity index (χ2n) is 14.7. The van der Waals surface area contributed by atoms with E-state index >= 15 is 0 Å². The maximum absolute atomic E-state index is 6.56. The Hall–Kier alpha value is -8.16. The van der Waals surface area contributed by atoms with E-state index in [0.29, 0.717) is 29.1 Å². The van der Waals surface area contributed by atoms with Gasteiger partial charge in [-0.05, 0) is 59.7 Å². The zero-order valence-corrected chi connectivity index (χ0v) is 31.6. The van der Waals surface area contributed by atoms with Crippen LogP contribution in [0.4, 0.5) is 0 Å². The molecular weight excluding hydrogens is 725 g/mol. The summed E-state index contributed by atoms with van der Waals surface area (Å²) in [5.74, 6) is 2.07. The van der Waals surface area contributed by atoms with Gasteiger partial charge in [0.25, 0.3) is 0 Å². The van der Waals surface area contributed by atoms with Crippen LogP contribution >= 0.6 is 0 Å². The van der Waals surface area contributed by atoms with Crippen molar-refractivity contribution in [3.8, 4) is 57.0 Å². The molecule has 0 saturated carbocycles. The van der Waals surface area contributed by atoms with Crippen molar-refractivity contribution in [1.82, 2.24) is 29.1 Å². The Balaban J connectivity index is 1.17. The van der Waals surface area contributed by atoms with Crippen molar-refractivity contribution in [3.05, 3.63) is 194 Å². The SMILES string of the molecule is c1ccc(-c2ccc(-c3nc(-c4cccc5nc(-c6ccccc6)oc45)nc(-n4c5ccccc5c5ccc6c7ccccc7n(-c7ccccc7)c6c54)n3)cc2)cc1. The highest BCUT2D eigenvalue weighted by Crippen LogP contribution is 2.42. The largest absolute Gasteiger partial charge is 0.435 e. The minimum Gasteiger partial charge on any atom is -0.435 e. The molecule has 0 aliphatic carbocycles. The molecule has 0 spiro atoms. The van der Waals surface area contributed by atoms with Crippen LogP contribution in [0.3, 0.4) is 0 Å².